The van der Waals surface area contributed by atoms with E-state index < -0.39 is 0 Å². The van der Waals surface area contributed by atoms with Gasteiger partial charge >= 0.3 is 5.97 Å². The Bertz CT molecular complexity index is 828. The number of carbonyl (C=O) groups excluding carboxylic acids is 2. The van der Waals surface area contributed by atoms with Crippen molar-refractivity contribution in [1.29, 1.82) is 0 Å². The van der Waals surface area contributed by atoms with E-state index in [9.17, 15) is 9.59 Å². The van der Waals surface area contributed by atoms with E-state index in [1.807, 2.05) is 6.07 Å². The summed E-state index contributed by atoms with van der Waals surface area (Å²) in [5, 5.41) is 0. The maximum absolute atomic E-state index is 12.5. The van der Waals surface area contributed by atoms with E-state index in [0.717, 1.165) is 38.6 Å². The summed E-state index contributed by atoms with van der Waals surface area (Å²) < 4.78 is 5.71. The summed E-state index contributed by atoms with van der Waals surface area (Å²) >= 11 is 0. The largest absolute Gasteiger partial charge is 0.426 e. The molecule has 0 spiro atoms. The van der Waals surface area contributed by atoms with Crippen LogP contribution in [0.2, 0.25) is 0 Å². The topological polar surface area (TPSA) is 47.8 Å². The number of ether oxygens (including phenoxy) is 1. The van der Waals surface area contributed by atoms with Gasteiger partial charge in [0.25, 0.3) is 0 Å². The summed E-state index contributed by atoms with van der Waals surface area (Å²) in [4.78, 5) is 26.4. The van der Waals surface area contributed by atoms with Gasteiger partial charge in [-0.2, -0.15) is 0 Å². The Kier molecular flexibility index (Phi) is 5.47. The zero-order valence-electron chi connectivity index (χ0n) is 18.4. The summed E-state index contributed by atoms with van der Waals surface area (Å²) in [6.45, 7) is 5.51. The molecule has 0 bridgehead atoms. The monoisotopic (exact) mass is 410 g/mol. The van der Waals surface area contributed by atoms with Crippen molar-refractivity contribution in [3.05, 3.63) is 29.3 Å². The van der Waals surface area contributed by atoms with E-state index >= 15 is 0 Å². The van der Waals surface area contributed by atoms with Crippen LogP contribution in [0.1, 0.15) is 81.8 Å². The van der Waals surface area contributed by atoms with Crippen LogP contribution in [0.15, 0.2) is 18.2 Å². The molecule has 0 unspecified atom stereocenters. The molecule has 4 nitrogen and oxygen atoms in total. The van der Waals surface area contributed by atoms with Gasteiger partial charge in [0.2, 0.25) is 0 Å². The third-order valence-corrected chi connectivity index (χ3v) is 8.88. The third kappa shape index (κ3) is 3.62. The van der Waals surface area contributed by atoms with E-state index in [4.69, 9.17) is 4.74 Å². The van der Waals surface area contributed by atoms with Crippen LogP contribution in [-0.2, 0) is 16.0 Å². The Balaban J connectivity index is 1.23. The van der Waals surface area contributed by atoms with Crippen molar-refractivity contribution in [2.75, 3.05) is 19.6 Å². The molecule has 1 N–H and O–H groups in total. The fraction of sp³-hybridized carbons (Fsp3) is 0.692. The molecule has 1 heterocycles. The second kappa shape index (κ2) is 8.11. The van der Waals surface area contributed by atoms with Crippen LogP contribution < -0.4 is 9.64 Å². The molecule has 0 aromatic heterocycles. The Morgan fingerprint density at radius 3 is 2.80 bits per heavy atom. The van der Waals surface area contributed by atoms with Crippen molar-refractivity contribution in [3.8, 4) is 5.75 Å². The first-order chi connectivity index (χ1) is 14.5. The average molecular weight is 411 g/mol. The number of Topliss-reactive ketones (excluding diaryl/α,β-unsaturated/α-hetero) is 1. The molecule has 5 rings (SSSR count). The highest BCUT2D eigenvalue weighted by molar-refractivity contribution is 5.87. The number of ketones is 1. The lowest BCUT2D eigenvalue weighted by Gasteiger charge is -2.48. The zero-order valence-corrected chi connectivity index (χ0v) is 18.4. The Hall–Kier alpha value is -1.68. The van der Waals surface area contributed by atoms with Crippen molar-refractivity contribution in [1.82, 2.24) is 0 Å². The summed E-state index contributed by atoms with van der Waals surface area (Å²) in [7, 11) is 0. The molecule has 0 radical (unpaired) electrons. The second-order valence-electron chi connectivity index (χ2n) is 10.5. The standard InChI is InChI=1S/C26H35NO3/c1-26-13-11-21-20-8-6-19(30-25(29)12-16-27-14-3-2-4-15-27)17-18(20)5-7-22(21)23(26)9-10-24(26)28/h6,8,17,21-23H,2-5,7,9-16H2,1H3/p+1/t21-,22+,23-,26-/m0/s1. The summed E-state index contributed by atoms with van der Waals surface area (Å²) in [5.74, 6) is 2.90. The SMILES string of the molecule is C[C@]12CC[C@H]3c4ccc(OC(=O)CC[NH+]5CCCCC5)cc4CC[C@H]3[C@@H]1CCC2=O. The molecule has 1 saturated heterocycles. The maximum Gasteiger partial charge on any atom is 0.316 e. The molecule has 2 saturated carbocycles. The van der Waals surface area contributed by atoms with Crippen LogP contribution >= 0.6 is 0 Å². The molecule has 1 aromatic rings. The van der Waals surface area contributed by atoms with Gasteiger partial charge in [0, 0.05) is 11.8 Å². The van der Waals surface area contributed by atoms with Gasteiger partial charge in [-0.1, -0.05) is 13.0 Å². The second-order valence-corrected chi connectivity index (χ2v) is 10.5. The number of aryl methyl sites for hydroxylation is 1. The molecule has 0 amide bonds. The van der Waals surface area contributed by atoms with Crippen molar-refractivity contribution in [2.45, 2.75) is 77.0 Å². The number of piperidine rings is 1. The van der Waals surface area contributed by atoms with Crippen LogP contribution in [0.3, 0.4) is 0 Å². The van der Waals surface area contributed by atoms with Crippen LogP contribution in [0, 0.1) is 17.3 Å². The van der Waals surface area contributed by atoms with Gasteiger partial charge in [0.1, 0.15) is 11.5 Å². The molecular formula is C26H36NO3+. The van der Waals surface area contributed by atoms with Crippen molar-refractivity contribution in [3.63, 3.8) is 0 Å². The van der Waals surface area contributed by atoms with Crippen molar-refractivity contribution in [2.24, 2.45) is 17.3 Å². The summed E-state index contributed by atoms with van der Waals surface area (Å²) in [6.07, 6.45) is 10.6. The lowest BCUT2D eigenvalue weighted by atomic mass is 9.55. The number of carbonyl (C=O) groups is 2. The van der Waals surface area contributed by atoms with Crippen LogP contribution in [-0.4, -0.2) is 31.4 Å². The van der Waals surface area contributed by atoms with Crippen LogP contribution in [0.25, 0.3) is 0 Å². The summed E-state index contributed by atoms with van der Waals surface area (Å²) in [5.41, 5.74) is 2.74. The Morgan fingerprint density at radius 1 is 1.13 bits per heavy atom. The number of benzene rings is 1. The highest BCUT2D eigenvalue weighted by Gasteiger charge is 2.54. The minimum atomic E-state index is -0.0976. The van der Waals surface area contributed by atoms with Gasteiger partial charge < -0.3 is 9.64 Å². The molecule has 4 atom stereocenters. The van der Waals surface area contributed by atoms with Gasteiger partial charge in [-0.3, -0.25) is 9.59 Å². The quantitative estimate of drug-likeness (QED) is 0.611. The van der Waals surface area contributed by atoms with E-state index in [1.54, 1.807) is 4.90 Å². The van der Waals surface area contributed by atoms with Crippen molar-refractivity contribution >= 4 is 11.8 Å². The zero-order chi connectivity index (χ0) is 20.7. The predicted molar refractivity (Wildman–Crippen MR) is 116 cm³/mol. The van der Waals surface area contributed by atoms with Gasteiger partial charge in [0.05, 0.1) is 26.1 Å². The van der Waals surface area contributed by atoms with E-state index in [2.05, 4.69) is 19.1 Å². The first-order valence-corrected chi connectivity index (χ1v) is 12.2. The number of esters is 1. The molecule has 1 aliphatic heterocycles. The molecule has 4 aliphatic rings. The van der Waals surface area contributed by atoms with Crippen LogP contribution in [0.4, 0.5) is 0 Å². The van der Waals surface area contributed by atoms with Crippen molar-refractivity contribution < 1.29 is 19.2 Å². The minimum Gasteiger partial charge on any atom is -0.426 e. The number of likely N-dealkylation sites (tertiary alicyclic amines) is 1. The number of hydrogen-bond donors (Lipinski definition) is 1. The molecule has 1 aromatic carbocycles. The number of fused-ring (bicyclic) bond motifs is 5. The molecular weight excluding hydrogens is 374 g/mol. The van der Waals surface area contributed by atoms with Gasteiger partial charge in [0.15, 0.2) is 0 Å². The average Bonchev–Trinajstić information content (AvgIpc) is 3.07. The molecule has 30 heavy (non-hydrogen) atoms. The Morgan fingerprint density at radius 2 is 1.97 bits per heavy atom. The number of nitrogens with one attached hydrogen (secondary N) is 1. The highest BCUT2D eigenvalue weighted by Crippen LogP contribution is 2.59. The number of rotatable bonds is 4. The fourth-order valence-corrected chi connectivity index (χ4v) is 7.16. The van der Waals surface area contributed by atoms with E-state index in [1.165, 1.54) is 49.9 Å². The maximum atomic E-state index is 12.5. The van der Waals surface area contributed by atoms with Gasteiger partial charge in [-0.05, 0) is 92.4 Å². The van der Waals surface area contributed by atoms with E-state index in [0.29, 0.717) is 35.7 Å². The van der Waals surface area contributed by atoms with E-state index in [-0.39, 0.29) is 11.4 Å². The number of quaternary nitrogens is 1. The predicted octanol–water partition coefficient (Wildman–Crippen LogP) is 3.48. The molecule has 3 aliphatic carbocycles. The Labute approximate surface area is 180 Å². The minimum absolute atomic E-state index is 0.0650. The lowest BCUT2D eigenvalue weighted by molar-refractivity contribution is -0.904. The van der Waals surface area contributed by atoms with Crippen LogP contribution in [0.5, 0.6) is 5.75 Å². The fourth-order valence-electron chi connectivity index (χ4n) is 7.16. The number of hydrogen-bond acceptors (Lipinski definition) is 3. The van der Waals surface area contributed by atoms with Gasteiger partial charge in [-0.25, -0.2) is 0 Å². The molecule has 3 fully saturated rings. The first kappa shape index (κ1) is 20.2. The normalized spacial score (nSPS) is 33.5. The first-order valence-electron chi connectivity index (χ1n) is 12.2. The summed E-state index contributed by atoms with van der Waals surface area (Å²) in [6, 6.07) is 6.33. The lowest BCUT2D eigenvalue weighted by Crippen LogP contribution is -3.12. The third-order valence-electron chi connectivity index (χ3n) is 8.88. The molecule has 4 heteroatoms. The highest BCUT2D eigenvalue weighted by atomic mass is 16.5. The molecule has 162 valence electrons. The van der Waals surface area contributed by atoms with Gasteiger partial charge in [-0.15, -0.1) is 0 Å². The smallest absolute Gasteiger partial charge is 0.316 e.